The fourth-order valence-corrected chi connectivity index (χ4v) is 13.9. The van der Waals surface area contributed by atoms with Gasteiger partial charge in [-0.1, -0.05) is 4.98 Å². The minimum atomic E-state index is -6.03. The lowest BCUT2D eigenvalue weighted by Crippen LogP contribution is -2.45. The third-order valence-corrected chi connectivity index (χ3v) is 18.2. The van der Waals surface area contributed by atoms with Crippen LogP contribution in [0.4, 0.5) is 11.8 Å². The van der Waals surface area contributed by atoms with Crippen molar-refractivity contribution in [2.24, 2.45) is 13.0 Å². The second-order valence-corrected chi connectivity index (χ2v) is 24.8. The van der Waals surface area contributed by atoms with E-state index in [1.807, 2.05) is 4.98 Å². The Morgan fingerprint density at radius 3 is 2.21 bits per heavy atom. The molecule has 5 aromatic heterocycles. The number of nitrogen functional groups attached to an aromatic ring is 2. The zero-order valence-electron chi connectivity index (χ0n) is 40.1. The normalized spacial score (nSPS) is 29.8. The average Bonchev–Trinajstić information content (AvgIpc) is 4.13. The van der Waals surface area contributed by atoms with Gasteiger partial charge in [0.2, 0.25) is 17.7 Å². The van der Waals surface area contributed by atoms with Gasteiger partial charge in [-0.15, -0.1) is 0 Å². The Morgan fingerprint density at radius 2 is 1.52 bits per heavy atom. The van der Waals surface area contributed by atoms with Gasteiger partial charge in [0, 0.05) is 45.8 Å². The van der Waals surface area contributed by atoms with Crippen LogP contribution in [0.25, 0.3) is 22.3 Å². The molecule has 8 rings (SSSR count). The number of anilines is 2. The van der Waals surface area contributed by atoms with Crippen LogP contribution in [0.2, 0.25) is 0 Å². The number of aliphatic hydroxyl groups is 3. The lowest BCUT2D eigenvalue weighted by Gasteiger charge is -2.26. The molecule has 3 aliphatic heterocycles. The average molecular weight is 1190 g/mol. The van der Waals surface area contributed by atoms with Gasteiger partial charge >= 0.3 is 41.5 Å². The zero-order valence-corrected chi connectivity index (χ0v) is 44.5. The molecule has 77 heavy (non-hydrogen) atoms. The number of fused-ring (bicyclic) bond motifs is 2. The maximum Gasteiger partial charge on any atom is 0.488 e. The summed E-state index contributed by atoms with van der Waals surface area (Å²) in [7, 11) is -11.8. The molecule has 5 aromatic rings. The van der Waals surface area contributed by atoms with Gasteiger partial charge in [0.05, 0.1) is 39.3 Å². The molecule has 13 N–H and O–H groups in total. The highest BCUT2D eigenvalue weighted by Gasteiger charge is 2.54. The van der Waals surface area contributed by atoms with Crippen LogP contribution < -0.4 is 32.8 Å². The SMILES string of the molecule is CO[C@@H]1[C@H](OP(=O)(O)OC[C@H]2O[C@@H](n3ccc(=O)[nH]c3=O)[C@H](O)[C@@H]2O)[C@@H](COP(O)(=S)OP(=O)(O)OP(=O)(O)OC[C@H]2O[C@@H]([n+]3cn(C)c4c(=O)[nH]c(N)nc43)[C@H](O)[C@@H]2CC(=O)N(C)C)O[C@H]1n1cnc2c(N)ncnc21. The van der Waals surface area contributed by atoms with E-state index in [1.54, 1.807) is 0 Å². The number of hydrogen-bond acceptors (Lipinski definition) is 27. The van der Waals surface area contributed by atoms with E-state index in [9.17, 15) is 67.8 Å². The molecule has 4 unspecified atom stereocenters. The quantitative estimate of drug-likeness (QED) is 0.0246. The monoisotopic (exact) mass is 1190 g/mol. The van der Waals surface area contributed by atoms with Gasteiger partial charge in [-0.3, -0.25) is 51.6 Å². The van der Waals surface area contributed by atoms with Crippen LogP contribution in [0.3, 0.4) is 0 Å². The van der Waals surface area contributed by atoms with E-state index in [4.69, 9.17) is 60.3 Å². The molecular weight excluding hydrogens is 1140 g/mol. The molecule has 3 fully saturated rings. The van der Waals surface area contributed by atoms with Crippen LogP contribution in [-0.4, -0.2) is 179 Å². The number of aliphatic hydroxyl groups excluding tert-OH is 3. The highest BCUT2D eigenvalue weighted by Crippen LogP contribution is 2.68. The maximum atomic E-state index is 13.6. The Hall–Kier alpha value is -4.69. The first-order valence-corrected chi connectivity index (χ1v) is 29.2. The third-order valence-electron chi connectivity index (χ3n) is 12.1. The minimum Gasteiger partial charge on any atom is -0.387 e. The molecule has 0 radical (unpaired) electrons. The molecule has 0 spiro atoms. The minimum absolute atomic E-state index is 0.00658. The lowest BCUT2D eigenvalue weighted by molar-refractivity contribution is -0.745. The molecule has 16 atom stereocenters. The van der Waals surface area contributed by atoms with Crippen molar-refractivity contribution in [3.05, 3.63) is 62.4 Å². The number of nitrogens with two attached hydrogens (primary N) is 2. The van der Waals surface area contributed by atoms with Crippen LogP contribution in [0.15, 0.2) is 45.6 Å². The predicted octanol–water partition coefficient (Wildman–Crippen LogP) is -4.03. The fraction of sp³-hybridized carbons (Fsp3) is 0.571. The van der Waals surface area contributed by atoms with Gasteiger partial charge in [0.15, 0.2) is 30.2 Å². The van der Waals surface area contributed by atoms with Gasteiger partial charge in [-0.2, -0.15) is 4.31 Å². The molecule has 3 saturated heterocycles. The van der Waals surface area contributed by atoms with Gasteiger partial charge in [0.1, 0.15) is 54.6 Å². The lowest BCUT2D eigenvalue weighted by atomic mass is 9.94. The number of nitrogens with zero attached hydrogens (tertiary/aromatic N) is 9. The second-order valence-electron chi connectivity index (χ2n) is 17.4. The highest BCUT2D eigenvalue weighted by atomic mass is 32.5. The summed E-state index contributed by atoms with van der Waals surface area (Å²) in [6.45, 7) is -8.23. The molecule has 8 heterocycles. The van der Waals surface area contributed by atoms with E-state index < -0.39 is 153 Å². The molecule has 42 heteroatoms. The number of methoxy groups -OCH3 is 1. The van der Waals surface area contributed by atoms with Gasteiger partial charge < -0.3 is 74.7 Å². The number of amides is 1. The molecule has 37 nitrogen and oxygen atoms in total. The van der Waals surface area contributed by atoms with Crippen molar-refractivity contribution in [2.45, 2.75) is 73.9 Å². The Morgan fingerprint density at radius 1 is 0.844 bits per heavy atom. The number of carbonyl (C=O) groups excluding carboxylic acids is 1. The predicted molar refractivity (Wildman–Crippen MR) is 255 cm³/mol. The number of imidazole rings is 2. The summed E-state index contributed by atoms with van der Waals surface area (Å²) >= 11 is 4.92. The van der Waals surface area contributed by atoms with Gasteiger partial charge in [-0.25, -0.2) is 42.3 Å². The molecule has 0 bridgehead atoms. The number of aryl methyl sites for hydroxylation is 1. The molecule has 0 aliphatic carbocycles. The molecular formula is C35H50N13O24P4S+. The maximum absolute atomic E-state index is 13.6. The number of carbonyl (C=O) groups is 1. The number of rotatable bonds is 21. The van der Waals surface area contributed by atoms with E-state index in [1.165, 1.54) is 52.4 Å². The Kier molecular flexibility index (Phi) is 17.0. The standard InChI is InChI=1S/C35H49N13O24P4S/c1-44(2)19(50)7-14-15(67-31(22(14)51)48-13-45(3)21-29(48)42-34(37)43-30(21)54)8-65-74(58,59)71-75(60,61)72-76(62,77)66-10-17-25(26(63-4)33(69-17)47-12-40-20-27(36)38-11-39-28(20)47)70-73(56,57)64-9-16-23(52)24(53)32(68-16)46-6-5-18(49)41-35(46)55/h5-6,11-17,22-26,31-33,51-53H,7-10H2,1-4H3,(H9-,36,37,38,39,41,42,43,49,54,55,56,57,58,59,60,61,62,77)/p+1/t14-,15-,16-,17-,22-,23-,24-,25-,26-,31-,32-,33-,76?/m1/s1. The topological polar surface area (TPSA) is 510 Å². The van der Waals surface area contributed by atoms with Crippen molar-refractivity contribution in [3.63, 3.8) is 0 Å². The van der Waals surface area contributed by atoms with E-state index in [-0.39, 0.29) is 34.1 Å². The first-order chi connectivity index (χ1) is 36.0. The number of phosphoric acid groups is 3. The molecule has 0 saturated carbocycles. The molecule has 424 valence electrons. The van der Waals surface area contributed by atoms with Gasteiger partial charge in [-0.05, 0) is 11.8 Å². The van der Waals surface area contributed by atoms with Crippen molar-refractivity contribution >= 4 is 82.0 Å². The summed E-state index contributed by atoms with van der Waals surface area (Å²) in [5.74, 6) is -2.10. The van der Waals surface area contributed by atoms with Crippen molar-refractivity contribution in [3.8, 4) is 0 Å². The molecule has 1 amide bonds. The largest absolute Gasteiger partial charge is 0.488 e. The summed E-state index contributed by atoms with van der Waals surface area (Å²) in [4.78, 5) is 115. The van der Waals surface area contributed by atoms with Crippen LogP contribution in [0, 0.1) is 5.92 Å². The number of H-pyrrole nitrogens is 2. The summed E-state index contributed by atoms with van der Waals surface area (Å²) in [5.41, 5.74) is 9.33. The van der Waals surface area contributed by atoms with Crippen LogP contribution >= 0.6 is 30.2 Å². The first kappa shape index (κ1) is 58.5. The van der Waals surface area contributed by atoms with E-state index in [2.05, 4.69) is 33.5 Å². The molecule has 3 aliphatic rings. The number of ether oxygens (including phenoxy) is 4. The summed E-state index contributed by atoms with van der Waals surface area (Å²) in [6, 6.07) is 0.934. The van der Waals surface area contributed by atoms with Crippen molar-refractivity contribution in [1.29, 1.82) is 0 Å². The van der Waals surface area contributed by atoms with Crippen molar-refractivity contribution < 1.29 is 104 Å². The second kappa shape index (κ2) is 22.4. The highest BCUT2D eigenvalue weighted by molar-refractivity contribution is 8.08. The van der Waals surface area contributed by atoms with Crippen molar-refractivity contribution in [2.75, 3.05) is 52.5 Å². The van der Waals surface area contributed by atoms with Crippen LogP contribution in [0.1, 0.15) is 25.1 Å². The Labute approximate surface area is 434 Å². The molecule has 0 aromatic carbocycles. The zero-order chi connectivity index (χ0) is 56.3. The van der Waals surface area contributed by atoms with Crippen molar-refractivity contribution in [1.82, 2.24) is 48.5 Å². The number of phosphoric ester groups is 2. The Balaban J connectivity index is 0.951. The number of aromatic amines is 2. The summed E-state index contributed by atoms with van der Waals surface area (Å²) in [6.07, 6.45) is -13.7. The fourth-order valence-electron chi connectivity index (χ4n) is 8.51. The first-order valence-electron chi connectivity index (χ1n) is 22.1. The third kappa shape index (κ3) is 12.7. The van der Waals surface area contributed by atoms with Crippen LogP contribution in [-0.2, 0) is 83.0 Å². The smallest absolute Gasteiger partial charge is 0.387 e. The van der Waals surface area contributed by atoms with E-state index in [0.717, 1.165) is 30.3 Å². The summed E-state index contributed by atoms with van der Waals surface area (Å²) < 4.78 is 97.8. The number of hydrogen-bond donors (Lipinski definition) is 11. The Bertz CT molecular complexity index is 3420. The van der Waals surface area contributed by atoms with Gasteiger partial charge in [0.25, 0.3) is 17.1 Å². The van der Waals surface area contributed by atoms with Crippen LogP contribution in [0.5, 0.6) is 0 Å². The van der Waals surface area contributed by atoms with E-state index in [0.29, 0.717) is 0 Å². The number of nitrogens with one attached hydrogen (secondary N) is 2. The summed E-state index contributed by atoms with van der Waals surface area (Å²) in [5, 5.41) is 32.8. The number of aromatic nitrogens is 10. The van der Waals surface area contributed by atoms with E-state index >= 15 is 0 Å².